The summed E-state index contributed by atoms with van der Waals surface area (Å²) in [5, 5.41) is 18.9. The van der Waals surface area contributed by atoms with E-state index in [-0.39, 0.29) is 43.6 Å². The predicted molar refractivity (Wildman–Crippen MR) is 133 cm³/mol. The number of nitrogens with one attached hydrogen (secondary N) is 1. The number of aromatic nitrogens is 2. The van der Waals surface area contributed by atoms with Crippen LogP contribution in [-0.4, -0.2) is 61.8 Å². The zero-order valence-corrected chi connectivity index (χ0v) is 20.1. The van der Waals surface area contributed by atoms with Gasteiger partial charge in [0.25, 0.3) is 5.56 Å². The minimum Gasteiger partial charge on any atom is -0.502 e. The van der Waals surface area contributed by atoms with Crippen LogP contribution in [0.15, 0.2) is 59.7 Å². The van der Waals surface area contributed by atoms with E-state index in [1.54, 1.807) is 9.80 Å². The molecule has 1 aromatic heterocycles. The first-order chi connectivity index (χ1) is 17.4. The Hall–Kier alpha value is -4.29. The fraction of sp³-hybridized carbons (Fsp3) is 0.296. The maximum absolute atomic E-state index is 13.2. The molecule has 0 saturated carbocycles. The van der Waals surface area contributed by atoms with Crippen LogP contribution in [0, 0.1) is 11.8 Å². The first kappa shape index (κ1) is 24.8. The van der Waals surface area contributed by atoms with Gasteiger partial charge in [-0.2, -0.15) is 0 Å². The van der Waals surface area contributed by atoms with Crippen molar-refractivity contribution in [1.82, 2.24) is 19.8 Å². The number of rotatable bonds is 7. The molecule has 2 aromatic carbocycles. The number of carbonyl (C=O) groups excluding carboxylic acids is 1. The van der Waals surface area contributed by atoms with Crippen molar-refractivity contribution in [3.8, 4) is 23.3 Å². The molecule has 1 aliphatic rings. The maximum Gasteiger partial charge on any atom is 0.321 e. The molecule has 1 saturated heterocycles. The second-order valence-corrected chi connectivity index (χ2v) is 8.68. The molecule has 9 nitrogen and oxygen atoms in total. The fourth-order valence-corrected chi connectivity index (χ4v) is 4.11. The number of aliphatic hydroxyl groups is 1. The fourth-order valence-electron chi connectivity index (χ4n) is 4.11. The molecule has 2 amide bonds. The minimum atomic E-state index is -0.633. The molecule has 9 heteroatoms. The van der Waals surface area contributed by atoms with Gasteiger partial charge in [-0.15, -0.1) is 0 Å². The monoisotopic (exact) mass is 488 g/mol. The summed E-state index contributed by atoms with van der Waals surface area (Å²) in [6.07, 6.45) is 1.22. The average molecular weight is 489 g/mol. The van der Waals surface area contributed by atoms with Gasteiger partial charge in [-0.25, -0.2) is 9.78 Å². The van der Waals surface area contributed by atoms with Gasteiger partial charge < -0.3 is 29.7 Å². The standard InChI is InChI=1S/C27H28N4O5/c1-18(2)31-24(16-30(27(31)35)15-23-25(33)26(34)29-17-28-23)21-9-5-19(6-10-21)3-4-20-7-11-22(12-8-20)36-14-13-32/h5-12,17-18,24,32-33H,13-16H2,1-2H3,(H,28,29,34). The van der Waals surface area contributed by atoms with Gasteiger partial charge in [-0.1, -0.05) is 24.0 Å². The lowest BCUT2D eigenvalue weighted by atomic mass is 10.0. The molecule has 3 N–H and O–H groups in total. The molecular formula is C27H28N4O5. The van der Waals surface area contributed by atoms with Crippen molar-refractivity contribution in [2.24, 2.45) is 0 Å². The van der Waals surface area contributed by atoms with E-state index >= 15 is 0 Å². The molecular weight excluding hydrogens is 460 g/mol. The summed E-state index contributed by atoms with van der Waals surface area (Å²) >= 11 is 0. The van der Waals surface area contributed by atoms with Crippen LogP contribution in [-0.2, 0) is 6.54 Å². The predicted octanol–water partition coefficient (Wildman–Crippen LogP) is 2.63. The summed E-state index contributed by atoms with van der Waals surface area (Å²) in [7, 11) is 0. The molecule has 1 fully saturated rings. The van der Waals surface area contributed by atoms with Crippen LogP contribution in [0.5, 0.6) is 11.5 Å². The number of aromatic amines is 1. The quantitative estimate of drug-likeness (QED) is 0.440. The van der Waals surface area contributed by atoms with Gasteiger partial charge in [0.15, 0.2) is 0 Å². The largest absolute Gasteiger partial charge is 0.502 e. The van der Waals surface area contributed by atoms with E-state index in [0.717, 1.165) is 16.7 Å². The molecule has 1 aliphatic heterocycles. The highest BCUT2D eigenvalue weighted by Crippen LogP contribution is 2.33. The van der Waals surface area contributed by atoms with Gasteiger partial charge in [-0.3, -0.25) is 4.79 Å². The highest BCUT2D eigenvalue weighted by Gasteiger charge is 2.39. The lowest BCUT2D eigenvalue weighted by Crippen LogP contribution is -2.37. The molecule has 1 atom stereocenters. The van der Waals surface area contributed by atoms with E-state index in [9.17, 15) is 14.7 Å². The van der Waals surface area contributed by atoms with Crippen LogP contribution < -0.4 is 10.3 Å². The Kier molecular flexibility index (Phi) is 7.56. The third-order valence-electron chi connectivity index (χ3n) is 5.88. The Morgan fingerprint density at radius 2 is 1.72 bits per heavy atom. The van der Waals surface area contributed by atoms with Crippen LogP contribution in [0.25, 0.3) is 0 Å². The molecule has 4 rings (SSSR count). The number of ether oxygens (including phenoxy) is 1. The molecule has 0 aliphatic carbocycles. The number of carbonyl (C=O) groups is 1. The van der Waals surface area contributed by atoms with Gasteiger partial charge >= 0.3 is 6.03 Å². The lowest BCUT2D eigenvalue weighted by Gasteiger charge is -2.27. The van der Waals surface area contributed by atoms with E-state index in [0.29, 0.717) is 12.3 Å². The number of H-pyrrole nitrogens is 1. The number of aliphatic hydroxyl groups excluding tert-OH is 1. The minimum absolute atomic E-state index is 0.0333. The zero-order chi connectivity index (χ0) is 25.7. The van der Waals surface area contributed by atoms with Crippen LogP contribution in [0.2, 0.25) is 0 Å². The number of benzene rings is 2. The van der Waals surface area contributed by atoms with E-state index in [4.69, 9.17) is 9.84 Å². The Morgan fingerprint density at radius 3 is 2.33 bits per heavy atom. The van der Waals surface area contributed by atoms with Crippen molar-refractivity contribution in [3.05, 3.63) is 87.6 Å². The maximum atomic E-state index is 13.2. The van der Waals surface area contributed by atoms with E-state index in [1.807, 2.05) is 62.4 Å². The molecule has 3 aromatic rings. The molecule has 0 radical (unpaired) electrons. The third-order valence-corrected chi connectivity index (χ3v) is 5.88. The first-order valence-electron chi connectivity index (χ1n) is 11.7. The van der Waals surface area contributed by atoms with Crippen molar-refractivity contribution in [1.29, 1.82) is 0 Å². The highest BCUT2D eigenvalue weighted by molar-refractivity contribution is 5.78. The second kappa shape index (κ2) is 11.0. The SMILES string of the molecule is CC(C)N1C(=O)N(Cc2nc[nH]c(=O)c2O)CC1c1ccc(C#Cc2ccc(OCCO)cc2)cc1. The molecule has 186 valence electrons. The van der Waals surface area contributed by atoms with Gasteiger partial charge in [0.1, 0.15) is 18.1 Å². The summed E-state index contributed by atoms with van der Waals surface area (Å²) in [6.45, 7) is 4.58. The third kappa shape index (κ3) is 5.50. The Morgan fingerprint density at radius 1 is 1.08 bits per heavy atom. The molecule has 0 spiro atoms. The Labute approximate surface area is 209 Å². The summed E-state index contributed by atoms with van der Waals surface area (Å²) < 4.78 is 5.36. The smallest absolute Gasteiger partial charge is 0.321 e. The van der Waals surface area contributed by atoms with E-state index in [2.05, 4.69) is 21.8 Å². The Bertz CT molecular complexity index is 1320. The molecule has 2 heterocycles. The lowest BCUT2D eigenvalue weighted by molar-refractivity contribution is 0.171. The summed E-state index contributed by atoms with van der Waals surface area (Å²) in [6, 6.07) is 14.7. The molecule has 36 heavy (non-hydrogen) atoms. The highest BCUT2D eigenvalue weighted by atomic mass is 16.5. The van der Waals surface area contributed by atoms with Gasteiger partial charge in [0, 0.05) is 23.7 Å². The summed E-state index contributed by atoms with van der Waals surface area (Å²) in [5.41, 5.74) is 2.18. The van der Waals surface area contributed by atoms with Crippen molar-refractivity contribution < 1.29 is 19.7 Å². The van der Waals surface area contributed by atoms with Crippen molar-refractivity contribution >= 4 is 6.03 Å². The van der Waals surface area contributed by atoms with Gasteiger partial charge in [-0.05, 0) is 55.8 Å². The first-order valence-corrected chi connectivity index (χ1v) is 11.7. The van der Waals surface area contributed by atoms with Crippen LogP contribution in [0.1, 0.15) is 42.3 Å². The van der Waals surface area contributed by atoms with Crippen LogP contribution in [0.4, 0.5) is 4.79 Å². The van der Waals surface area contributed by atoms with Crippen molar-refractivity contribution in [2.75, 3.05) is 19.8 Å². The number of nitrogens with zero attached hydrogens (tertiary/aromatic N) is 3. The normalized spacial score (nSPS) is 15.2. The zero-order valence-electron chi connectivity index (χ0n) is 20.1. The summed E-state index contributed by atoms with van der Waals surface area (Å²) in [4.78, 5) is 34.6. The molecule has 1 unspecified atom stereocenters. The Balaban J connectivity index is 1.48. The van der Waals surface area contributed by atoms with Crippen LogP contribution in [0.3, 0.4) is 0 Å². The summed E-state index contributed by atoms with van der Waals surface area (Å²) in [5.74, 6) is 6.48. The van der Waals surface area contributed by atoms with Gasteiger partial charge in [0.2, 0.25) is 5.75 Å². The van der Waals surface area contributed by atoms with Gasteiger partial charge in [0.05, 0.1) is 25.5 Å². The van der Waals surface area contributed by atoms with Crippen molar-refractivity contribution in [3.63, 3.8) is 0 Å². The van der Waals surface area contributed by atoms with E-state index in [1.165, 1.54) is 6.33 Å². The van der Waals surface area contributed by atoms with Crippen molar-refractivity contribution in [2.45, 2.75) is 32.5 Å². The number of hydrogen-bond donors (Lipinski definition) is 3. The van der Waals surface area contributed by atoms with E-state index < -0.39 is 11.3 Å². The number of hydrogen-bond acceptors (Lipinski definition) is 6. The number of amides is 2. The average Bonchev–Trinajstić information content (AvgIpc) is 3.21. The molecule has 0 bridgehead atoms. The topological polar surface area (TPSA) is 119 Å². The van der Waals surface area contributed by atoms with Crippen LogP contribution >= 0.6 is 0 Å². The number of aromatic hydroxyl groups is 1. The second-order valence-electron chi connectivity index (χ2n) is 8.68. The number of urea groups is 1.